The van der Waals surface area contributed by atoms with Gasteiger partial charge in [-0.2, -0.15) is 0 Å². The minimum absolute atomic E-state index is 0.171. The Morgan fingerprint density at radius 3 is 2.53 bits per heavy atom. The fourth-order valence-corrected chi connectivity index (χ4v) is 5.06. The van der Waals surface area contributed by atoms with Crippen molar-refractivity contribution in [1.29, 1.82) is 0 Å². The zero-order chi connectivity index (χ0) is 21.9. The van der Waals surface area contributed by atoms with E-state index in [2.05, 4.69) is 0 Å². The van der Waals surface area contributed by atoms with Crippen LogP contribution in [0.1, 0.15) is 55.7 Å². The van der Waals surface area contributed by atoms with E-state index in [9.17, 15) is 18.7 Å². The molecule has 1 aromatic carbocycles. The average Bonchev–Trinajstić information content (AvgIpc) is 2.70. The van der Waals surface area contributed by atoms with Gasteiger partial charge in [-0.05, 0) is 62.1 Å². The van der Waals surface area contributed by atoms with Gasteiger partial charge in [0.05, 0.1) is 6.04 Å². The van der Waals surface area contributed by atoms with Gasteiger partial charge in [0.15, 0.2) is 0 Å². The summed E-state index contributed by atoms with van der Waals surface area (Å²) in [5.41, 5.74) is 6.50. The summed E-state index contributed by atoms with van der Waals surface area (Å²) in [6.07, 6.45) is 2.40. The van der Waals surface area contributed by atoms with Crippen LogP contribution in [0.5, 0.6) is 0 Å². The Bertz CT molecular complexity index is 743. The monoisotopic (exact) mass is 424 g/mol. The first-order chi connectivity index (χ1) is 14.1. The molecule has 1 fully saturated rings. The number of carbonyl (C=O) groups is 1. The fourth-order valence-electron chi connectivity index (χ4n) is 5.06. The van der Waals surface area contributed by atoms with Crippen LogP contribution in [0.4, 0.5) is 8.78 Å². The predicted octanol–water partition coefficient (Wildman–Crippen LogP) is 2.45. The highest BCUT2D eigenvalue weighted by Gasteiger charge is 2.50. The van der Waals surface area contributed by atoms with Gasteiger partial charge in [0.2, 0.25) is 0 Å². The van der Waals surface area contributed by atoms with E-state index in [1.54, 1.807) is 17.0 Å². The second kappa shape index (κ2) is 9.30. The molecule has 166 valence electrons. The minimum atomic E-state index is -2.82. The van der Waals surface area contributed by atoms with Crippen molar-refractivity contribution in [2.75, 3.05) is 13.1 Å². The first-order valence-electron chi connectivity index (χ1n) is 10.7. The maximum Gasteiger partial charge on any atom is 0.451 e. The number of carboxylic acid groups (broad SMARTS) is 1. The van der Waals surface area contributed by atoms with E-state index < -0.39 is 30.6 Å². The molecule has 0 radical (unpaired) electrons. The smallest absolute Gasteiger partial charge is 0.451 e. The number of piperidine rings is 1. The highest BCUT2D eigenvalue weighted by Crippen LogP contribution is 2.46. The number of hydrogen-bond donors (Lipinski definition) is 4. The Labute approximate surface area is 176 Å². The van der Waals surface area contributed by atoms with Crippen LogP contribution in [-0.2, 0) is 11.2 Å². The lowest BCUT2D eigenvalue weighted by Gasteiger charge is -2.46. The molecule has 1 saturated heterocycles. The number of likely N-dealkylation sites (tertiary alicyclic amines) is 1. The molecule has 2 atom stereocenters. The summed E-state index contributed by atoms with van der Waals surface area (Å²) in [5.74, 6) is -4.21. The molecule has 1 aromatic rings. The van der Waals surface area contributed by atoms with Crippen LogP contribution in [-0.4, -0.2) is 57.7 Å². The molecule has 0 bridgehead atoms. The number of unbranched alkanes of at least 4 members (excludes halogenated alkanes) is 1. The molecule has 0 aromatic heterocycles. The van der Waals surface area contributed by atoms with Crippen LogP contribution in [0.3, 0.4) is 0 Å². The van der Waals surface area contributed by atoms with Crippen LogP contribution in [0, 0.1) is 5.92 Å². The Morgan fingerprint density at radius 2 is 1.90 bits per heavy atom. The van der Waals surface area contributed by atoms with Crippen molar-refractivity contribution in [3.8, 4) is 0 Å². The van der Waals surface area contributed by atoms with Crippen molar-refractivity contribution in [2.24, 2.45) is 11.7 Å². The van der Waals surface area contributed by atoms with E-state index in [1.807, 2.05) is 12.1 Å². The van der Waals surface area contributed by atoms with Crippen LogP contribution in [0.15, 0.2) is 24.3 Å². The maximum atomic E-state index is 14.9. The average molecular weight is 424 g/mol. The van der Waals surface area contributed by atoms with Crippen molar-refractivity contribution in [1.82, 2.24) is 4.90 Å². The molecule has 5 N–H and O–H groups in total. The molecule has 2 unspecified atom stereocenters. The Balaban J connectivity index is 1.67. The number of nitrogens with two attached hydrogens (primary N) is 1. The SMILES string of the molecule is NC(CCCCB(O)O)(C(=O)O)C1CCN(C2c3ccccc3CCC2(F)F)CC1. The standard InChI is InChI=1S/C21H31BF2N2O4/c23-21(24)11-7-15-5-1-2-6-17(15)18(21)26-13-8-16(9-14-26)20(25,19(27)28)10-3-4-12-22(29)30/h1-2,5-6,16,18,29-30H,3-4,7-14,25H2,(H,27,28). The molecule has 30 heavy (non-hydrogen) atoms. The molecule has 6 nitrogen and oxygen atoms in total. The largest absolute Gasteiger partial charge is 0.480 e. The van der Waals surface area contributed by atoms with E-state index in [1.165, 1.54) is 0 Å². The summed E-state index contributed by atoms with van der Waals surface area (Å²) in [7, 11) is -1.41. The number of hydrogen-bond acceptors (Lipinski definition) is 5. The highest BCUT2D eigenvalue weighted by molar-refractivity contribution is 6.40. The van der Waals surface area contributed by atoms with Gasteiger partial charge in [-0.3, -0.25) is 9.69 Å². The Morgan fingerprint density at radius 1 is 1.23 bits per heavy atom. The van der Waals surface area contributed by atoms with Gasteiger partial charge in [0.25, 0.3) is 5.92 Å². The summed E-state index contributed by atoms with van der Waals surface area (Å²) in [5, 5.41) is 27.7. The summed E-state index contributed by atoms with van der Waals surface area (Å²) in [6, 6.07) is 6.36. The molecule has 0 amide bonds. The number of aliphatic carboxylic acids is 1. The lowest BCUT2D eigenvalue weighted by molar-refractivity contribution is -0.148. The topological polar surface area (TPSA) is 107 Å². The van der Waals surface area contributed by atoms with Gasteiger partial charge in [-0.1, -0.05) is 37.1 Å². The second-order valence-electron chi connectivity index (χ2n) is 8.74. The molecule has 3 rings (SSSR count). The van der Waals surface area contributed by atoms with E-state index in [-0.39, 0.29) is 25.1 Å². The van der Waals surface area contributed by atoms with Crippen LogP contribution in [0.2, 0.25) is 6.32 Å². The van der Waals surface area contributed by atoms with Crippen LogP contribution >= 0.6 is 0 Å². The fraction of sp³-hybridized carbons (Fsp3) is 0.667. The highest BCUT2D eigenvalue weighted by atomic mass is 19.3. The van der Waals surface area contributed by atoms with Crippen molar-refractivity contribution in [3.05, 3.63) is 35.4 Å². The third kappa shape index (κ3) is 4.85. The number of alkyl halides is 2. The molecular formula is C21H31BF2N2O4. The molecular weight excluding hydrogens is 393 g/mol. The zero-order valence-corrected chi connectivity index (χ0v) is 17.1. The van der Waals surface area contributed by atoms with E-state index >= 15 is 0 Å². The Kier molecular flexibility index (Phi) is 7.17. The summed E-state index contributed by atoms with van der Waals surface area (Å²) in [4.78, 5) is 13.7. The van der Waals surface area contributed by atoms with E-state index in [0.29, 0.717) is 50.8 Å². The normalized spacial score (nSPS) is 24.1. The van der Waals surface area contributed by atoms with E-state index in [0.717, 1.165) is 5.56 Å². The molecule has 0 saturated carbocycles. The summed E-state index contributed by atoms with van der Waals surface area (Å²) in [6.45, 7) is 0.752. The summed E-state index contributed by atoms with van der Waals surface area (Å²) >= 11 is 0. The second-order valence-corrected chi connectivity index (χ2v) is 8.74. The van der Waals surface area contributed by atoms with Gasteiger partial charge in [-0.25, -0.2) is 8.78 Å². The zero-order valence-electron chi connectivity index (χ0n) is 17.1. The number of aryl methyl sites for hydroxylation is 1. The first-order valence-corrected chi connectivity index (χ1v) is 10.7. The Hall–Kier alpha value is -1.55. The molecule has 1 aliphatic heterocycles. The number of nitrogens with zero attached hydrogens (tertiary/aromatic N) is 1. The van der Waals surface area contributed by atoms with Crippen molar-refractivity contribution in [2.45, 2.75) is 68.8 Å². The molecule has 2 aliphatic rings. The number of rotatable bonds is 8. The van der Waals surface area contributed by atoms with Gasteiger partial charge in [0, 0.05) is 6.42 Å². The minimum Gasteiger partial charge on any atom is -0.480 e. The quantitative estimate of drug-likeness (QED) is 0.377. The predicted molar refractivity (Wildman–Crippen MR) is 110 cm³/mol. The van der Waals surface area contributed by atoms with Gasteiger partial charge < -0.3 is 20.9 Å². The third-order valence-corrected chi connectivity index (χ3v) is 6.80. The van der Waals surface area contributed by atoms with Crippen LogP contribution in [0.25, 0.3) is 0 Å². The van der Waals surface area contributed by atoms with Gasteiger partial charge in [0.1, 0.15) is 5.54 Å². The van der Waals surface area contributed by atoms with Crippen LogP contribution < -0.4 is 5.73 Å². The molecule has 1 heterocycles. The van der Waals surface area contributed by atoms with Gasteiger partial charge in [-0.15, -0.1) is 0 Å². The lowest BCUT2D eigenvalue weighted by atomic mass is 9.73. The number of benzene rings is 1. The van der Waals surface area contributed by atoms with Gasteiger partial charge >= 0.3 is 13.1 Å². The number of fused-ring (bicyclic) bond motifs is 1. The third-order valence-electron chi connectivity index (χ3n) is 6.80. The first kappa shape index (κ1) is 23.1. The van der Waals surface area contributed by atoms with Crippen molar-refractivity contribution >= 4 is 13.1 Å². The number of carboxylic acids is 1. The molecule has 1 aliphatic carbocycles. The maximum absolute atomic E-state index is 14.9. The van der Waals surface area contributed by atoms with E-state index in [4.69, 9.17) is 15.8 Å². The molecule has 0 spiro atoms. The summed E-state index contributed by atoms with van der Waals surface area (Å²) < 4.78 is 29.7. The van der Waals surface area contributed by atoms with Crippen molar-refractivity contribution < 1.29 is 28.7 Å². The lowest BCUT2D eigenvalue weighted by Crippen LogP contribution is -2.58. The molecule has 9 heteroatoms. The van der Waals surface area contributed by atoms with Crippen molar-refractivity contribution in [3.63, 3.8) is 0 Å². The number of halogens is 2.